The Balaban J connectivity index is 1.87. The Bertz CT molecular complexity index is 1230. The number of aromatic nitrogens is 4. The van der Waals surface area contributed by atoms with Gasteiger partial charge in [-0.05, 0) is 50.4 Å². The fourth-order valence-electron chi connectivity index (χ4n) is 3.34. The number of methoxy groups -OCH3 is 1. The van der Waals surface area contributed by atoms with Gasteiger partial charge in [-0.3, -0.25) is 4.79 Å². The van der Waals surface area contributed by atoms with E-state index in [1.165, 1.54) is 0 Å². The first-order valence-corrected chi connectivity index (χ1v) is 9.98. The third-order valence-corrected chi connectivity index (χ3v) is 5.12. The van der Waals surface area contributed by atoms with E-state index in [4.69, 9.17) is 20.4 Å². The zero-order valence-corrected chi connectivity index (χ0v) is 17.7. The summed E-state index contributed by atoms with van der Waals surface area (Å²) in [6.07, 6.45) is 0. The normalized spacial score (nSPS) is 13.3. The second-order valence-corrected chi connectivity index (χ2v) is 7.41. The van der Waals surface area contributed by atoms with Gasteiger partial charge in [0, 0.05) is 24.0 Å². The maximum atomic E-state index is 12.9. The molecule has 31 heavy (non-hydrogen) atoms. The Morgan fingerprint density at radius 1 is 1.13 bits per heavy atom. The van der Waals surface area contributed by atoms with Crippen LogP contribution in [0.15, 0.2) is 48.5 Å². The Morgan fingerprint density at radius 2 is 1.87 bits per heavy atom. The smallest absolute Gasteiger partial charge is 0.247 e. The van der Waals surface area contributed by atoms with Crippen LogP contribution in [0.1, 0.15) is 12.7 Å². The highest BCUT2D eigenvalue weighted by molar-refractivity contribution is 5.93. The molecule has 0 aliphatic carbocycles. The van der Waals surface area contributed by atoms with Crippen LogP contribution in [0.2, 0.25) is 0 Å². The van der Waals surface area contributed by atoms with Crippen molar-refractivity contribution >= 4 is 22.5 Å². The van der Waals surface area contributed by atoms with E-state index in [0.29, 0.717) is 35.9 Å². The lowest BCUT2D eigenvalue weighted by atomic mass is 10.0. The van der Waals surface area contributed by atoms with Gasteiger partial charge in [-0.15, -0.1) is 5.10 Å². The molecule has 1 atom stereocenters. The maximum Gasteiger partial charge on any atom is 0.247 e. The lowest BCUT2D eigenvalue weighted by Crippen LogP contribution is -2.51. The number of benzene rings is 2. The lowest BCUT2D eigenvalue weighted by Gasteiger charge is -2.23. The average Bonchev–Trinajstić information content (AvgIpc) is 3.24. The highest BCUT2D eigenvalue weighted by Crippen LogP contribution is 2.27. The summed E-state index contributed by atoms with van der Waals surface area (Å²) in [5, 5.41) is 11.3. The molecule has 4 N–H and O–H groups in total. The highest BCUT2D eigenvalue weighted by atomic mass is 16.5. The van der Waals surface area contributed by atoms with Gasteiger partial charge in [0.05, 0.1) is 12.6 Å². The summed E-state index contributed by atoms with van der Waals surface area (Å²) >= 11 is 0. The molecule has 0 aliphatic rings. The molecule has 0 bridgehead atoms. The molecule has 0 saturated heterocycles. The molecule has 2 aromatic heterocycles. The molecule has 2 heterocycles. The number of carbonyl (C=O) groups is 1. The number of carbonyl (C=O) groups excluding carboxylic acids is 1. The molecule has 0 radical (unpaired) electrons. The van der Waals surface area contributed by atoms with Crippen LogP contribution in [-0.2, 0) is 10.3 Å². The van der Waals surface area contributed by atoms with Gasteiger partial charge in [0.2, 0.25) is 5.91 Å². The third kappa shape index (κ3) is 3.80. The van der Waals surface area contributed by atoms with Crippen LogP contribution in [0, 0.1) is 0 Å². The fraction of sp³-hybridized carbons (Fsp3) is 0.273. The number of hydrogen-bond acceptors (Lipinski definition) is 7. The second kappa shape index (κ2) is 8.29. The van der Waals surface area contributed by atoms with Crippen molar-refractivity contribution in [2.45, 2.75) is 12.5 Å². The van der Waals surface area contributed by atoms with Gasteiger partial charge in [0.1, 0.15) is 5.75 Å². The van der Waals surface area contributed by atoms with Crippen LogP contribution in [0.25, 0.3) is 27.9 Å². The van der Waals surface area contributed by atoms with Crippen LogP contribution in [0.5, 0.6) is 5.75 Å². The quantitative estimate of drug-likeness (QED) is 0.388. The first kappa shape index (κ1) is 20.7. The summed E-state index contributed by atoms with van der Waals surface area (Å²) < 4.78 is 6.80. The van der Waals surface area contributed by atoms with E-state index in [1.54, 1.807) is 18.5 Å². The number of nitrogens with two attached hydrogens (primary N) is 1. The van der Waals surface area contributed by atoms with E-state index >= 15 is 0 Å². The zero-order chi connectivity index (χ0) is 22.0. The molecule has 0 saturated carbocycles. The molecule has 1 amide bonds. The zero-order valence-electron chi connectivity index (χ0n) is 17.7. The topological polar surface area (TPSA) is 119 Å². The van der Waals surface area contributed by atoms with E-state index in [1.807, 2.05) is 55.6 Å². The number of para-hydroxylation sites is 1. The molecule has 0 spiro atoms. The van der Waals surface area contributed by atoms with E-state index < -0.39 is 5.54 Å². The monoisotopic (exact) mass is 419 g/mol. The molecule has 0 aliphatic heterocycles. The minimum absolute atomic E-state index is 0.315. The van der Waals surface area contributed by atoms with Gasteiger partial charge in [0.15, 0.2) is 22.8 Å². The maximum absolute atomic E-state index is 12.9. The second-order valence-electron chi connectivity index (χ2n) is 7.41. The van der Waals surface area contributed by atoms with Gasteiger partial charge in [-0.25, -0.2) is 9.97 Å². The van der Waals surface area contributed by atoms with Crippen LogP contribution in [0.4, 0.5) is 0 Å². The molecule has 0 unspecified atom stereocenters. The first-order valence-electron chi connectivity index (χ1n) is 9.98. The summed E-state index contributed by atoms with van der Waals surface area (Å²) in [6, 6.07) is 15.1. The molecular formula is C22H25N7O2. The Hall–Kier alpha value is -3.56. The Morgan fingerprint density at radius 3 is 2.58 bits per heavy atom. The van der Waals surface area contributed by atoms with Crippen molar-refractivity contribution in [3.05, 3.63) is 54.4 Å². The van der Waals surface area contributed by atoms with E-state index in [-0.39, 0.29) is 5.91 Å². The highest BCUT2D eigenvalue weighted by Gasteiger charge is 2.36. The van der Waals surface area contributed by atoms with Gasteiger partial charge in [-0.2, -0.15) is 4.52 Å². The number of rotatable bonds is 7. The molecule has 9 nitrogen and oxygen atoms in total. The Kier molecular flexibility index (Phi) is 5.53. The number of amides is 1. The van der Waals surface area contributed by atoms with Crippen molar-refractivity contribution in [3.63, 3.8) is 0 Å². The number of hydrogen-bond donors (Lipinski definition) is 3. The molecule has 4 aromatic rings. The molecule has 2 aromatic carbocycles. The predicted octanol–water partition coefficient (Wildman–Crippen LogP) is 1.46. The largest absolute Gasteiger partial charge is 0.497 e. The number of nitrogens with one attached hydrogen (secondary N) is 2. The molecule has 0 fully saturated rings. The summed E-state index contributed by atoms with van der Waals surface area (Å²) in [6.45, 7) is 2.72. The summed E-state index contributed by atoms with van der Waals surface area (Å²) in [5.41, 5.74) is 7.19. The lowest BCUT2D eigenvalue weighted by molar-refractivity contribution is -0.126. The Labute approximate surface area is 179 Å². The number of likely N-dealkylation sites (N-methyl/N-ethyl adjacent to an activating group) is 1. The summed E-state index contributed by atoms with van der Waals surface area (Å²) in [7, 11) is 3.43. The van der Waals surface area contributed by atoms with E-state index in [0.717, 1.165) is 16.7 Å². The molecule has 160 valence electrons. The van der Waals surface area contributed by atoms with Crippen molar-refractivity contribution < 1.29 is 9.53 Å². The van der Waals surface area contributed by atoms with Crippen LogP contribution in [0.3, 0.4) is 0 Å². The van der Waals surface area contributed by atoms with Gasteiger partial charge >= 0.3 is 0 Å². The third-order valence-electron chi connectivity index (χ3n) is 5.12. The number of nitrogens with zero attached hydrogens (tertiary/aromatic N) is 4. The average molecular weight is 419 g/mol. The van der Waals surface area contributed by atoms with Gasteiger partial charge in [0.25, 0.3) is 0 Å². The van der Waals surface area contributed by atoms with Crippen molar-refractivity contribution in [1.29, 1.82) is 0 Å². The van der Waals surface area contributed by atoms with Gasteiger partial charge in [-0.1, -0.05) is 12.1 Å². The van der Waals surface area contributed by atoms with Crippen LogP contribution in [-0.4, -0.2) is 52.7 Å². The SMILES string of the molecule is CNCCNC(=O)[C@@](C)(N)c1nc2ccccc2c2nc(-c3ccc(OC)cc3)nn12. The standard InChI is InChI=1S/C22H25N7O2/c1-22(23,21(30)25-13-12-24-2)20-26-17-7-5-4-6-16(17)19-27-18(28-29(19)20)14-8-10-15(31-3)11-9-14/h4-11,24H,12-13,23H2,1-3H3,(H,25,30)/t22-/m0/s1. The minimum Gasteiger partial charge on any atom is -0.497 e. The van der Waals surface area contributed by atoms with Crippen molar-refractivity contribution in [2.24, 2.45) is 5.73 Å². The molecule has 4 rings (SSSR count). The summed E-state index contributed by atoms with van der Waals surface area (Å²) in [5.74, 6) is 1.23. The minimum atomic E-state index is -1.42. The first-order chi connectivity index (χ1) is 15.0. The fourth-order valence-corrected chi connectivity index (χ4v) is 3.34. The van der Waals surface area contributed by atoms with Crippen molar-refractivity contribution in [3.8, 4) is 17.1 Å². The molecular weight excluding hydrogens is 394 g/mol. The van der Waals surface area contributed by atoms with Crippen molar-refractivity contribution in [2.75, 3.05) is 27.2 Å². The van der Waals surface area contributed by atoms with Gasteiger partial charge < -0.3 is 21.1 Å². The van der Waals surface area contributed by atoms with Crippen LogP contribution < -0.4 is 21.1 Å². The summed E-state index contributed by atoms with van der Waals surface area (Å²) in [4.78, 5) is 22.3. The number of fused-ring (bicyclic) bond motifs is 3. The van der Waals surface area contributed by atoms with Crippen LogP contribution >= 0.6 is 0 Å². The molecule has 9 heteroatoms. The number of ether oxygens (including phenoxy) is 1. The predicted molar refractivity (Wildman–Crippen MR) is 119 cm³/mol. The van der Waals surface area contributed by atoms with E-state index in [9.17, 15) is 4.79 Å². The van der Waals surface area contributed by atoms with Crippen molar-refractivity contribution in [1.82, 2.24) is 30.2 Å². The van der Waals surface area contributed by atoms with E-state index in [2.05, 4.69) is 15.7 Å².